The van der Waals surface area contributed by atoms with E-state index in [0.717, 1.165) is 11.3 Å². The van der Waals surface area contributed by atoms with Crippen LogP contribution in [0.3, 0.4) is 0 Å². The highest BCUT2D eigenvalue weighted by molar-refractivity contribution is 6.31. The molecule has 158 valence electrons. The van der Waals surface area contributed by atoms with E-state index >= 15 is 0 Å². The molecule has 0 bridgehead atoms. The molecule has 2 aliphatic rings. The highest BCUT2D eigenvalue weighted by Gasteiger charge is 2.44. The molecular formula is C24H26ClNO4. The van der Waals surface area contributed by atoms with Gasteiger partial charge in [-0.25, -0.2) is 0 Å². The van der Waals surface area contributed by atoms with Crippen molar-refractivity contribution in [2.75, 3.05) is 19.7 Å². The number of piperidine rings is 1. The predicted molar refractivity (Wildman–Crippen MR) is 116 cm³/mol. The van der Waals surface area contributed by atoms with E-state index in [2.05, 4.69) is 0 Å². The van der Waals surface area contributed by atoms with Gasteiger partial charge in [0.25, 0.3) is 0 Å². The second kappa shape index (κ2) is 8.31. The largest absolute Gasteiger partial charge is 0.493 e. The summed E-state index contributed by atoms with van der Waals surface area (Å²) in [6.45, 7) is 5.45. The number of rotatable bonds is 4. The minimum absolute atomic E-state index is 0.0631. The number of ketones is 1. The summed E-state index contributed by atoms with van der Waals surface area (Å²) in [4.78, 5) is 27.2. The lowest BCUT2D eigenvalue weighted by atomic mass is 9.82. The van der Waals surface area contributed by atoms with E-state index in [1.165, 1.54) is 5.56 Å². The maximum absolute atomic E-state index is 12.7. The van der Waals surface area contributed by atoms with Crippen molar-refractivity contribution in [3.05, 3.63) is 58.1 Å². The Balaban J connectivity index is 1.32. The minimum atomic E-state index is -0.530. The van der Waals surface area contributed by atoms with Crippen molar-refractivity contribution in [2.45, 2.75) is 45.1 Å². The molecule has 0 N–H and O–H groups in total. The molecule has 0 saturated carbocycles. The third kappa shape index (κ3) is 4.31. The average Bonchev–Trinajstić information content (AvgIpc) is 2.71. The first kappa shape index (κ1) is 20.7. The number of amides is 1. The van der Waals surface area contributed by atoms with Gasteiger partial charge in [0.1, 0.15) is 17.1 Å². The lowest BCUT2D eigenvalue weighted by Crippen LogP contribution is -2.52. The van der Waals surface area contributed by atoms with Crippen molar-refractivity contribution < 1.29 is 19.1 Å². The van der Waals surface area contributed by atoms with Gasteiger partial charge < -0.3 is 14.4 Å². The monoisotopic (exact) mass is 427 g/mol. The number of Topliss-reactive ketones (excluding diaryl/α,β-unsaturated/α-hetero) is 1. The Hall–Kier alpha value is -2.53. The Bertz CT molecular complexity index is 962. The van der Waals surface area contributed by atoms with E-state index in [4.69, 9.17) is 21.1 Å². The van der Waals surface area contributed by atoms with Crippen LogP contribution in [-0.4, -0.2) is 41.9 Å². The van der Waals surface area contributed by atoms with Gasteiger partial charge in [-0.3, -0.25) is 9.59 Å². The molecule has 0 radical (unpaired) electrons. The number of likely N-dealkylation sites (tertiary alicyclic amines) is 1. The van der Waals surface area contributed by atoms with Crippen LogP contribution >= 0.6 is 11.6 Å². The highest BCUT2D eigenvalue weighted by atomic mass is 35.5. The quantitative estimate of drug-likeness (QED) is 0.706. The van der Waals surface area contributed by atoms with Gasteiger partial charge in [0, 0.05) is 31.0 Å². The molecule has 6 heteroatoms. The first-order valence-corrected chi connectivity index (χ1v) is 10.7. The molecule has 2 aliphatic heterocycles. The Morgan fingerprint density at radius 3 is 2.57 bits per heavy atom. The van der Waals surface area contributed by atoms with Crippen molar-refractivity contribution in [1.82, 2.24) is 4.90 Å². The second-order valence-electron chi connectivity index (χ2n) is 8.28. The molecule has 5 nitrogen and oxygen atoms in total. The number of aryl methyl sites for hydroxylation is 2. The number of halogens is 1. The number of nitrogens with zero attached hydrogens (tertiary/aromatic N) is 1. The Labute approximate surface area is 181 Å². The van der Waals surface area contributed by atoms with E-state index in [0.29, 0.717) is 61.7 Å². The summed E-state index contributed by atoms with van der Waals surface area (Å²) < 4.78 is 12.0. The van der Waals surface area contributed by atoms with Gasteiger partial charge in [0.15, 0.2) is 5.78 Å². The van der Waals surface area contributed by atoms with Gasteiger partial charge in [0.05, 0.1) is 25.0 Å². The fraction of sp³-hybridized carbons (Fsp3) is 0.417. The summed E-state index contributed by atoms with van der Waals surface area (Å²) in [5.74, 6) is 1.55. The third-order valence-electron chi connectivity index (χ3n) is 5.97. The molecule has 2 aromatic carbocycles. The number of hydrogen-bond acceptors (Lipinski definition) is 4. The smallest absolute Gasteiger partial charge is 0.226 e. The normalized spacial score (nSPS) is 17.4. The van der Waals surface area contributed by atoms with E-state index < -0.39 is 5.60 Å². The number of fused-ring (bicyclic) bond motifs is 1. The zero-order valence-electron chi connectivity index (χ0n) is 17.4. The first-order valence-electron chi connectivity index (χ1n) is 10.3. The van der Waals surface area contributed by atoms with Crippen LogP contribution in [-0.2, 0) is 4.79 Å². The van der Waals surface area contributed by atoms with Crippen LogP contribution in [0.25, 0.3) is 0 Å². The van der Waals surface area contributed by atoms with Crippen LogP contribution < -0.4 is 9.47 Å². The molecule has 0 aromatic heterocycles. The lowest BCUT2D eigenvalue weighted by molar-refractivity contribution is -0.135. The predicted octanol–water partition coefficient (Wildman–Crippen LogP) is 4.75. The van der Waals surface area contributed by atoms with Gasteiger partial charge >= 0.3 is 0 Å². The Morgan fingerprint density at radius 2 is 1.87 bits per heavy atom. The zero-order valence-corrected chi connectivity index (χ0v) is 18.1. The van der Waals surface area contributed by atoms with E-state index in [1.807, 2.05) is 49.1 Å². The van der Waals surface area contributed by atoms with E-state index in [-0.39, 0.29) is 11.7 Å². The van der Waals surface area contributed by atoms with Crippen LogP contribution in [0.4, 0.5) is 0 Å². The van der Waals surface area contributed by atoms with Crippen LogP contribution in [0.5, 0.6) is 11.5 Å². The maximum Gasteiger partial charge on any atom is 0.226 e. The van der Waals surface area contributed by atoms with Crippen LogP contribution in [0.1, 0.15) is 47.2 Å². The molecule has 1 spiro atoms. The molecule has 0 unspecified atom stereocenters. The summed E-state index contributed by atoms with van der Waals surface area (Å²) in [5.41, 5.74) is 2.08. The molecule has 1 amide bonds. The number of carbonyl (C=O) groups is 2. The molecule has 2 aromatic rings. The second-order valence-corrected chi connectivity index (χ2v) is 8.71. The Morgan fingerprint density at radius 1 is 1.17 bits per heavy atom. The van der Waals surface area contributed by atoms with Crippen molar-refractivity contribution in [3.8, 4) is 11.5 Å². The summed E-state index contributed by atoms with van der Waals surface area (Å²) in [6.07, 6.45) is 1.95. The number of benzene rings is 2. The van der Waals surface area contributed by atoms with Crippen LogP contribution in [0.15, 0.2) is 36.4 Å². The molecule has 1 saturated heterocycles. The number of ether oxygens (including phenoxy) is 2. The van der Waals surface area contributed by atoms with Gasteiger partial charge in [-0.1, -0.05) is 29.3 Å². The molecule has 1 fully saturated rings. The Kier molecular flexibility index (Phi) is 5.74. The highest BCUT2D eigenvalue weighted by Crippen LogP contribution is 2.42. The molecule has 30 heavy (non-hydrogen) atoms. The fourth-order valence-corrected chi connectivity index (χ4v) is 4.48. The molecule has 0 atom stereocenters. The standard InChI is InChI=1S/C24H26ClNO4/c1-16-3-5-19(6-4-16)29-12-7-22(28)26-10-8-24(9-11-26)15-21(27)20-14-18(25)13-17(2)23(20)30-24/h3-6,13-14H,7-12,15H2,1-2H3. The minimum Gasteiger partial charge on any atom is -0.493 e. The summed E-state index contributed by atoms with van der Waals surface area (Å²) in [5, 5.41) is 0.549. The van der Waals surface area contributed by atoms with Crippen molar-refractivity contribution in [3.63, 3.8) is 0 Å². The van der Waals surface area contributed by atoms with E-state index in [9.17, 15) is 9.59 Å². The van der Waals surface area contributed by atoms with Crippen molar-refractivity contribution in [2.24, 2.45) is 0 Å². The van der Waals surface area contributed by atoms with Gasteiger partial charge in [0.2, 0.25) is 5.91 Å². The SMILES string of the molecule is Cc1ccc(OCCC(=O)N2CCC3(CC2)CC(=O)c2cc(Cl)cc(C)c2O3)cc1. The topological polar surface area (TPSA) is 55.8 Å². The van der Waals surface area contributed by atoms with Gasteiger partial charge in [-0.05, 0) is 43.7 Å². The number of hydrogen-bond donors (Lipinski definition) is 0. The lowest BCUT2D eigenvalue weighted by Gasteiger charge is -2.44. The summed E-state index contributed by atoms with van der Waals surface area (Å²) >= 11 is 6.10. The average molecular weight is 428 g/mol. The zero-order chi connectivity index (χ0) is 21.3. The first-order chi connectivity index (χ1) is 14.3. The summed E-state index contributed by atoms with van der Waals surface area (Å²) in [6, 6.07) is 11.3. The molecular weight excluding hydrogens is 402 g/mol. The molecule has 4 rings (SSSR count). The van der Waals surface area contributed by atoms with Crippen molar-refractivity contribution in [1.29, 1.82) is 0 Å². The molecule has 0 aliphatic carbocycles. The van der Waals surface area contributed by atoms with E-state index in [1.54, 1.807) is 6.07 Å². The van der Waals surface area contributed by atoms with Gasteiger partial charge in [-0.2, -0.15) is 0 Å². The fourth-order valence-electron chi connectivity index (χ4n) is 4.20. The summed E-state index contributed by atoms with van der Waals surface area (Å²) in [7, 11) is 0. The molecule has 2 heterocycles. The maximum atomic E-state index is 12.7. The number of carbonyl (C=O) groups excluding carboxylic acids is 2. The van der Waals surface area contributed by atoms with Crippen LogP contribution in [0, 0.1) is 13.8 Å². The van der Waals surface area contributed by atoms with Crippen LogP contribution in [0.2, 0.25) is 5.02 Å². The van der Waals surface area contributed by atoms with Crippen molar-refractivity contribution >= 4 is 23.3 Å². The van der Waals surface area contributed by atoms with Gasteiger partial charge in [-0.15, -0.1) is 0 Å². The third-order valence-corrected chi connectivity index (χ3v) is 6.19.